The van der Waals surface area contributed by atoms with Crippen molar-refractivity contribution >= 4 is 35.2 Å². The number of rotatable bonds is 8. The molecule has 1 N–H and O–H groups in total. The van der Waals surface area contributed by atoms with Crippen LogP contribution in [0.1, 0.15) is 16.7 Å². The number of benzene rings is 3. The van der Waals surface area contributed by atoms with Gasteiger partial charge in [-0.25, -0.2) is 4.39 Å². The third-order valence-corrected chi connectivity index (χ3v) is 5.20. The Balaban J connectivity index is 1.70. The Hall–Kier alpha value is -3.53. The Labute approximate surface area is 201 Å². The van der Waals surface area contributed by atoms with Crippen LogP contribution in [0.25, 0.3) is 6.08 Å². The third kappa shape index (κ3) is 6.48. The maximum Gasteiger partial charge on any atom is 0.262 e. The largest absolute Gasteiger partial charge is 0.497 e. The topological polar surface area (TPSA) is 71.3 Å². The van der Waals surface area contributed by atoms with Crippen LogP contribution >= 0.6 is 23.2 Å². The van der Waals surface area contributed by atoms with Gasteiger partial charge in [-0.05, 0) is 47.5 Å². The molecule has 0 saturated carbocycles. The van der Waals surface area contributed by atoms with Gasteiger partial charge in [0.05, 0.1) is 17.2 Å². The lowest BCUT2D eigenvalue weighted by molar-refractivity contribution is -0.117. The lowest BCUT2D eigenvalue weighted by atomic mass is 10.1. The van der Waals surface area contributed by atoms with Crippen LogP contribution < -0.4 is 14.8 Å². The van der Waals surface area contributed by atoms with E-state index in [2.05, 4.69) is 5.32 Å². The summed E-state index contributed by atoms with van der Waals surface area (Å²) in [6.45, 7) is 0.185. The van der Waals surface area contributed by atoms with Crippen molar-refractivity contribution in [1.82, 2.24) is 5.32 Å². The Kier molecular flexibility index (Phi) is 8.31. The number of halogens is 3. The molecule has 3 rings (SSSR count). The molecule has 0 unspecified atom stereocenters. The summed E-state index contributed by atoms with van der Waals surface area (Å²) in [5, 5.41) is 12.5. The highest BCUT2D eigenvalue weighted by Gasteiger charge is 2.13. The number of nitriles is 1. The first-order valence-corrected chi connectivity index (χ1v) is 10.5. The first-order valence-electron chi connectivity index (χ1n) is 9.79. The number of carbonyl (C=O) groups is 1. The van der Waals surface area contributed by atoms with Crippen molar-refractivity contribution in [2.24, 2.45) is 0 Å². The van der Waals surface area contributed by atoms with E-state index in [-0.39, 0.29) is 34.5 Å². The SMILES string of the molecule is COc1ccc(CNC(=O)/C(C#N)=C\c2cc(Cl)c(OCc3ccccc3F)c(Cl)c2)cc1. The summed E-state index contributed by atoms with van der Waals surface area (Å²) in [4.78, 5) is 12.5. The molecule has 33 heavy (non-hydrogen) atoms. The molecule has 0 aliphatic heterocycles. The van der Waals surface area contributed by atoms with Crippen LogP contribution in [-0.2, 0) is 17.9 Å². The van der Waals surface area contributed by atoms with E-state index in [9.17, 15) is 14.4 Å². The Morgan fingerprint density at radius 2 is 1.79 bits per heavy atom. The number of methoxy groups -OCH3 is 1. The number of hydrogen-bond acceptors (Lipinski definition) is 4. The van der Waals surface area contributed by atoms with Gasteiger partial charge in [-0.15, -0.1) is 0 Å². The minimum absolute atomic E-state index is 0.0570. The maximum atomic E-state index is 13.8. The molecule has 0 spiro atoms. The van der Waals surface area contributed by atoms with Crippen molar-refractivity contribution in [3.8, 4) is 17.6 Å². The van der Waals surface area contributed by atoms with Crippen LogP contribution in [0.15, 0.2) is 66.2 Å². The summed E-state index contributed by atoms with van der Waals surface area (Å²) >= 11 is 12.6. The molecule has 0 bridgehead atoms. The quantitative estimate of drug-likeness (QED) is 0.317. The van der Waals surface area contributed by atoms with Gasteiger partial charge in [0, 0.05) is 12.1 Å². The van der Waals surface area contributed by atoms with Crippen LogP contribution in [0, 0.1) is 17.1 Å². The molecule has 168 valence electrons. The van der Waals surface area contributed by atoms with E-state index in [0.29, 0.717) is 16.9 Å². The Bertz CT molecular complexity index is 1200. The van der Waals surface area contributed by atoms with Gasteiger partial charge >= 0.3 is 0 Å². The molecular weight excluding hydrogens is 466 g/mol. The summed E-state index contributed by atoms with van der Waals surface area (Å²) in [5.41, 5.74) is 1.54. The monoisotopic (exact) mass is 484 g/mol. The second-order valence-corrected chi connectivity index (χ2v) is 7.71. The van der Waals surface area contributed by atoms with Gasteiger partial charge in [-0.3, -0.25) is 4.79 Å². The smallest absolute Gasteiger partial charge is 0.262 e. The molecule has 0 radical (unpaired) electrons. The first-order chi connectivity index (χ1) is 15.9. The fraction of sp³-hybridized carbons (Fsp3) is 0.120. The predicted molar refractivity (Wildman–Crippen MR) is 126 cm³/mol. The zero-order valence-corrected chi connectivity index (χ0v) is 19.1. The minimum Gasteiger partial charge on any atom is -0.497 e. The highest BCUT2D eigenvalue weighted by molar-refractivity contribution is 6.37. The van der Waals surface area contributed by atoms with Gasteiger partial charge in [0.1, 0.15) is 29.8 Å². The fourth-order valence-corrected chi connectivity index (χ4v) is 3.52. The molecule has 0 heterocycles. The van der Waals surface area contributed by atoms with Crippen LogP contribution in [0.3, 0.4) is 0 Å². The number of hydrogen-bond donors (Lipinski definition) is 1. The molecular formula is C25H19Cl2FN2O3. The Morgan fingerprint density at radius 1 is 1.12 bits per heavy atom. The molecule has 0 aliphatic carbocycles. The molecule has 0 aromatic heterocycles. The lowest BCUT2D eigenvalue weighted by Crippen LogP contribution is -2.23. The maximum absolute atomic E-state index is 13.8. The van der Waals surface area contributed by atoms with Crippen molar-refractivity contribution in [2.45, 2.75) is 13.2 Å². The lowest BCUT2D eigenvalue weighted by Gasteiger charge is -2.12. The van der Waals surface area contributed by atoms with E-state index in [4.69, 9.17) is 32.7 Å². The normalized spacial score (nSPS) is 10.9. The van der Waals surface area contributed by atoms with Gasteiger partial charge in [0.25, 0.3) is 5.91 Å². The van der Waals surface area contributed by atoms with Crippen LogP contribution in [-0.4, -0.2) is 13.0 Å². The molecule has 0 fully saturated rings. The number of nitrogens with one attached hydrogen (secondary N) is 1. The summed E-state index contributed by atoms with van der Waals surface area (Å²) in [6.07, 6.45) is 1.38. The summed E-state index contributed by atoms with van der Waals surface area (Å²) in [6, 6.07) is 18.3. The summed E-state index contributed by atoms with van der Waals surface area (Å²) < 4.78 is 24.5. The molecule has 1 amide bonds. The molecule has 3 aromatic rings. The van der Waals surface area contributed by atoms with Crippen molar-refractivity contribution in [3.63, 3.8) is 0 Å². The predicted octanol–water partition coefficient (Wildman–Crippen LogP) is 5.94. The second-order valence-electron chi connectivity index (χ2n) is 6.89. The standard InChI is InChI=1S/C25H19Cl2FN2O3/c1-32-20-8-6-16(7-9-20)14-30-25(31)19(13-29)10-17-11-21(26)24(22(27)12-17)33-15-18-4-2-3-5-23(18)28/h2-12H,14-15H2,1H3,(H,30,31)/b19-10-. The highest BCUT2D eigenvalue weighted by Crippen LogP contribution is 2.35. The highest BCUT2D eigenvalue weighted by atomic mass is 35.5. The van der Waals surface area contributed by atoms with Gasteiger partial charge in [0.2, 0.25) is 0 Å². The number of ether oxygens (including phenoxy) is 2. The van der Waals surface area contributed by atoms with Gasteiger partial charge in [-0.2, -0.15) is 5.26 Å². The van der Waals surface area contributed by atoms with Crippen molar-refractivity contribution < 1.29 is 18.7 Å². The third-order valence-electron chi connectivity index (χ3n) is 4.64. The average Bonchev–Trinajstić information content (AvgIpc) is 2.81. The van der Waals surface area contributed by atoms with Crippen LogP contribution in [0.4, 0.5) is 4.39 Å². The zero-order valence-electron chi connectivity index (χ0n) is 17.6. The van der Waals surface area contributed by atoms with E-state index in [1.54, 1.807) is 37.4 Å². The van der Waals surface area contributed by atoms with E-state index in [1.165, 1.54) is 24.3 Å². The molecule has 3 aromatic carbocycles. The van der Waals surface area contributed by atoms with Crippen LogP contribution in [0.5, 0.6) is 11.5 Å². The number of nitrogens with zero attached hydrogens (tertiary/aromatic N) is 1. The van der Waals surface area contributed by atoms with Crippen LogP contribution in [0.2, 0.25) is 10.0 Å². The summed E-state index contributed by atoms with van der Waals surface area (Å²) in [5.74, 6) is -0.0528. The van der Waals surface area contributed by atoms with Gasteiger partial charge in [0.15, 0.2) is 5.75 Å². The molecule has 5 nitrogen and oxygen atoms in total. The van der Waals surface area contributed by atoms with Crippen molar-refractivity contribution in [1.29, 1.82) is 5.26 Å². The number of amides is 1. The zero-order chi connectivity index (χ0) is 23.8. The van der Waals surface area contributed by atoms with E-state index in [1.807, 2.05) is 18.2 Å². The van der Waals surface area contributed by atoms with E-state index < -0.39 is 11.7 Å². The van der Waals surface area contributed by atoms with E-state index >= 15 is 0 Å². The fourth-order valence-electron chi connectivity index (χ4n) is 2.90. The molecule has 0 atom stereocenters. The van der Waals surface area contributed by atoms with Gasteiger partial charge in [-0.1, -0.05) is 53.5 Å². The van der Waals surface area contributed by atoms with Crippen molar-refractivity contribution in [2.75, 3.05) is 7.11 Å². The average molecular weight is 485 g/mol. The number of carbonyl (C=O) groups excluding carboxylic acids is 1. The second kappa shape index (κ2) is 11.4. The molecule has 0 saturated heterocycles. The summed E-state index contributed by atoms with van der Waals surface area (Å²) in [7, 11) is 1.57. The molecule has 0 aliphatic rings. The van der Waals surface area contributed by atoms with Crippen molar-refractivity contribution in [3.05, 3.63) is 98.8 Å². The minimum atomic E-state index is -0.541. The van der Waals surface area contributed by atoms with E-state index in [0.717, 1.165) is 5.56 Å². The first kappa shape index (κ1) is 24.1. The van der Waals surface area contributed by atoms with Gasteiger partial charge < -0.3 is 14.8 Å². The molecule has 8 heteroatoms. The Morgan fingerprint density at radius 3 is 2.39 bits per heavy atom.